The molecule has 43 heavy (non-hydrogen) atoms. The molecule has 0 bridgehead atoms. The molecule has 4 aliphatic rings. The summed E-state index contributed by atoms with van der Waals surface area (Å²) < 4.78 is 0. The Bertz CT molecular complexity index is 1000. The SMILES string of the molecule is O=C(O)C1CCC(CONC2CCC(CC3CCC(NC(=O)C4CCC(C(=O)O)CC4C(=O)O)CC3)CC2)C(C(=O)O)C1. The molecule has 0 saturated heterocycles. The summed E-state index contributed by atoms with van der Waals surface area (Å²) in [7, 11) is 0. The Hall–Kier alpha value is -2.73. The number of carboxylic acids is 4. The fraction of sp³-hybridized carbons (Fsp3) is 0.839. The predicted molar refractivity (Wildman–Crippen MR) is 153 cm³/mol. The van der Waals surface area contributed by atoms with Crippen molar-refractivity contribution in [1.82, 2.24) is 10.8 Å². The highest BCUT2D eigenvalue weighted by atomic mass is 16.6. The second-order valence-electron chi connectivity index (χ2n) is 13.6. The van der Waals surface area contributed by atoms with Crippen LogP contribution in [0.25, 0.3) is 0 Å². The van der Waals surface area contributed by atoms with E-state index in [9.17, 15) is 44.4 Å². The molecule has 4 rings (SSSR count). The van der Waals surface area contributed by atoms with Crippen LogP contribution in [0.5, 0.6) is 0 Å². The van der Waals surface area contributed by atoms with E-state index in [1.54, 1.807) is 0 Å². The summed E-state index contributed by atoms with van der Waals surface area (Å²) in [6.07, 6.45) is 10.9. The molecule has 0 radical (unpaired) electrons. The van der Waals surface area contributed by atoms with E-state index in [1.807, 2.05) is 0 Å². The van der Waals surface area contributed by atoms with Gasteiger partial charge in [0.25, 0.3) is 0 Å². The van der Waals surface area contributed by atoms with Crippen LogP contribution in [0.1, 0.15) is 96.3 Å². The highest BCUT2D eigenvalue weighted by Crippen LogP contribution is 2.38. The molecule has 4 saturated carbocycles. The first-order valence-electron chi connectivity index (χ1n) is 16.1. The monoisotopic (exact) mass is 608 g/mol. The molecule has 0 aromatic heterocycles. The van der Waals surface area contributed by atoms with Gasteiger partial charge in [0.05, 0.1) is 36.2 Å². The molecule has 242 valence electrons. The number of nitrogens with one attached hydrogen (secondary N) is 2. The quantitative estimate of drug-likeness (QED) is 0.177. The van der Waals surface area contributed by atoms with Gasteiger partial charge in [0.1, 0.15) is 0 Å². The number of carboxylic acid groups (broad SMARTS) is 4. The summed E-state index contributed by atoms with van der Waals surface area (Å²) in [5, 5.41) is 40.7. The van der Waals surface area contributed by atoms with E-state index in [-0.39, 0.29) is 49.8 Å². The summed E-state index contributed by atoms with van der Waals surface area (Å²) >= 11 is 0. The van der Waals surface area contributed by atoms with E-state index in [2.05, 4.69) is 10.8 Å². The van der Waals surface area contributed by atoms with Crippen LogP contribution in [0.3, 0.4) is 0 Å². The smallest absolute Gasteiger partial charge is 0.307 e. The molecule has 12 nitrogen and oxygen atoms in total. The zero-order valence-electron chi connectivity index (χ0n) is 24.8. The lowest BCUT2D eigenvalue weighted by Crippen LogP contribution is -2.46. The summed E-state index contributed by atoms with van der Waals surface area (Å²) in [6.45, 7) is 0.267. The molecule has 0 aliphatic heterocycles. The number of rotatable bonds is 12. The summed E-state index contributed by atoms with van der Waals surface area (Å²) in [5.74, 6) is -6.82. The standard InChI is InChI=1S/C31H48N2O10/c34-27(24-12-7-20(29(37)38)15-26(24)31(41)42)32-22-8-1-17(2-9-22)13-18-3-10-23(11-4-18)33-43-16-21-6-5-19(28(35)36)14-25(21)30(39)40/h17-26,33H,1-16H2,(H,32,34)(H,35,36)(H,37,38)(H,39,40)(H,41,42). The normalized spacial score (nSPS) is 36.7. The Labute approximate surface area is 252 Å². The van der Waals surface area contributed by atoms with Crippen LogP contribution in [-0.4, -0.2) is 68.9 Å². The number of aliphatic carboxylic acids is 4. The number of hydrogen-bond donors (Lipinski definition) is 6. The van der Waals surface area contributed by atoms with Gasteiger partial charge in [-0.15, -0.1) is 0 Å². The molecule has 0 aromatic carbocycles. The van der Waals surface area contributed by atoms with Gasteiger partial charge in [-0.1, -0.05) is 0 Å². The van der Waals surface area contributed by atoms with E-state index in [0.717, 1.165) is 57.8 Å². The number of hydroxylamine groups is 1. The van der Waals surface area contributed by atoms with Crippen molar-refractivity contribution in [2.45, 2.75) is 108 Å². The Balaban J connectivity index is 1.11. The maximum Gasteiger partial charge on any atom is 0.307 e. The third-order valence-corrected chi connectivity index (χ3v) is 10.8. The van der Waals surface area contributed by atoms with Crippen molar-refractivity contribution in [3.8, 4) is 0 Å². The molecular formula is C31H48N2O10. The number of hydrogen-bond acceptors (Lipinski definition) is 7. The van der Waals surface area contributed by atoms with Crippen LogP contribution in [0.2, 0.25) is 0 Å². The minimum atomic E-state index is -1.10. The number of carbonyl (C=O) groups excluding carboxylic acids is 1. The van der Waals surface area contributed by atoms with Crippen LogP contribution in [0, 0.1) is 47.3 Å². The third-order valence-electron chi connectivity index (χ3n) is 10.8. The average Bonchev–Trinajstić information content (AvgIpc) is 2.98. The maximum atomic E-state index is 12.9. The highest BCUT2D eigenvalue weighted by Gasteiger charge is 2.42. The fourth-order valence-corrected chi connectivity index (χ4v) is 8.05. The lowest BCUT2D eigenvalue weighted by molar-refractivity contribution is -0.154. The average molecular weight is 609 g/mol. The van der Waals surface area contributed by atoms with Crippen LogP contribution in [0.15, 0.2) is 0 Å². The molecule has 4 aliphatic carbocycles. The first-order chi connectivity index (χ1) is 20.5. The summed E-state index contributed by atoms with van der Waals surface area (Å²) in [4.78, 5) is 64.7. The number of amides is 1. The second kappa shape index (κ2) is 15.3. The molecule has 12 heteroatoms. The van der Waals surface area contributed by atoms with Crippen molar-refractivity contribution in [3.05, 3.63) is 0 Å². The van der Waals surface area contributed by atoms with Crippen LogP contribution in [0.4, 0.5) is 0 Å². The second-order valence-corrected chi connectivity index (χ2v) is 13.6. The van der Waals surface area contributed by atoms with E-state index >= 15 is 0 Å². The molecule has 6 atom stereocenters. The van der Waals surface area contributed by atoms with Crippen molar-refractivity contribution in [1.29, 1.82) is 0 Å². The molecule has 4 fully saturated rings. The molecule has 6 unspecified atom stereocenters. The highest BCUT2D eigenvalue weighted by molar-refractivity contribution is 5.86. The lowest BCUT2D eigenvalue weighted by atomic mass is 9.73. The Morgan fingerprint density at radius 2 is 1.07 bits per heavy atom. The Morgan fingerprint density at radius 1 is 0.558 bits per heavy atom. The van der Waals surface area contributed by atoms with E-state index in [1.165, 1.54) is 0 Å². The topological polar surface area (TPSA) is 200 Å². The molecule has 6 N–H and O–H groups in total. The van der Waals surface area contributed by atoms with Gasteiger partial charge in [-0.25, -0.2) is 0 Å². The largest absolute Gasteiger partial charge is 0.481 e. The molecule has 0 aromatic rings. The van der Waals surface area contributed by atoms with Crippen molar-refractivity contribution in [2.24, 2.45) is 47.3 Å². The fourth-order valence-electron chi connectivity index (χ4n) is 8.05. The van der Waals surface area contributed by atoms with Gasteiger partial charge in [0.15, 0.2) is 0 Å². The zero-order chi connectivity index (χ0) is 31.1. The first kappa shape index (κ1) is 33.2. The summed E-state index contributed by atoms with van der Waals surface area (Å²) in [6, 6.07) is 0.258. The van der Waals surface area contributed by atoms with E-state index < -0.39 is 53.5 Å². The molecular weight excluding hydrogens is 560 g/mol. The van der Waals surface area contributed by atoms with Crippen molar-refractivity contribution in [3.63, 3.8) is 0 Å². The van der Waals surface area contributed by atoms with Crippen molar-refractivity contribution in [2.75, 3.05) is 6.61 Å². The van der Waals surface area contributed by atoms with Crippen molar-refractivity contribution >= 4 is 29.8 Å². The third kappa shape index (κ3) is 9.14. The number of carbonyl (C=O) groups is 5. The first-order valence-corrected chi connectivity index (χ1v) is 16.1. The molecule has 0 spiro atoms. The summed E-state index contributed by atoms with van der Waals surface area (Å²) in [5.41, 5.74) is 3.14. The Kier molecular flexibility index (Phi) is 11.8. The van der Waals surface area contributed by atoms with Crippen LogP contribution in [-0.2, 0) is 28.8 Å². The maximum absolute atomic E-state index is 12.9. The lowest BCUT2D eigenvalue weighted by Gasteiger charge is -2.36. The van der Waals surface area contributed by atoms with Gasteiger partial charge in [-0.2, -0.15) is 5.48 Å². The van der Waals surface area contributed by atoms with Gasteiger partial charge < -0.3 is 30.6 Å². The molecule has 1 amide bonds. The van der Waals surface area contributed by atoms with Crippen LogP contribution >= 0.6 is 0 Å². The minimum absolute atomic E-state index is 0.0000699. The Morgan fingerprint density at radius 3 is 1.60 bits per heavy atom. The zero-order valence-corrected chi connectivity index (χ0v) is 24.8. The molecule has 0 heterocycles. The minimum Gasteiger partial charge on any atom is -0.481 e. The van der Waals surface area contributed by atoms with E-state index in [4.69, 9.17) is 4.84 Å². The van der Waals surface area contributed by atoms with Crippen LogP contribution < -0.4 is 10.8 Å². The van der Waals surface area contributed by atoms with Crippen molar-refractivity contribution < 1.29 is 49.2 Å². The van der Waals surface area contributed by atoms with Gasteiger partial charge in [0.2, 0.25) is 5.91 Å². The van der Waals surface area contributed by atoms with Gasteiger partial charge in [-0.3, -0.25) is 24.0 Å². The van der Waals surface area contributed by atoms with Gasteiger partial charge in [0, 0.05) is 12.1 Å². The van der Waals surface area contributed by atoms with E-state index in [0.29, 0.717) is 31.1 Å². The predicted octanol–water partition coefficient (Wildman–Crippen LogP) is 3.53. The van der Waals surface area contributed by atoms with Gasteiger partial charge in [-0.05, 0) is 114 Å². The van der Waals surface area contributed by atoms with Gasteiger partial charge >= 0.3 is 23.9 Å².